The van der Waals surface area contributed by atoms with Crippen LogP contribution in [0.5, 0.6) is 0 Å². The summed E-state index contributed by atoms with van der Waals surface area (Å²) < 4.78 is 5.36. The topological polar surface area (TPSA) is 42.1 Å². The number of esters is 1. The molecule has 0 unspecified atom stereocenters. The second-order valence-corrected chi connectivity index (χ2v) is 6.23. The molecule has 0 radical (unpaired) electrons. The van der Waals surface area contributed by atoms with Crippen LogP contribution in [-0.2, 0) is 16.0 Å². The van der Waals surface area contributed by atoms with Crippen LogP contribution in [0.15, 0.2) is 30.5 Å². The third-order valence-electron chi connectivity index (χ3n) is 4.27. The molecule has 23 heavy (non-hydrogen) atoms. The van der Waals surface area contributed by atoms with Crippen molar-refractivity contribution in [1.29, 1.82) is 0 Å². The molecule has 0 aliphatic carbocycles. The molecule has 0 aliphatic heterocycles. The van der Waals surface area contributed by atoms with Crippen LogP contribution < -0.4 is 0 Å². The Balaban J connectivity index is 1.57. The fourth-order valence-corrected chi connectivity index (χ4v) is 2.91. The summed E-state index contributed by atoms with van der Waals surface area (Å²) >= 11 is 0. The fraction of sp³-hybridized carbons (Fsp3) is 0.550. The Morgan fingerprint density at radius 2 is 1.70 bits per heavy atom. The van der Waals surface area contributed by atoms with Gasteiger partial charge in [0, 0.05) is 17.1 Å². The quantitative estimate of drug-likeness (QED) is 0.446. The molecule has 3 heteroatoms. The fourth-order valence-electron chi connectivity index (χ4n) is 2.91. The smallest absolute Gasteiger partial charge is 0.310 e. The molecule has 0 atom stereocenters. The largest absolute Gasteiger partial charge is 0.465 e. The van der Waals surface area contributed by atoms with Gasteiger partial charge >= 0.3 is 5.97 Å². The zero-order chi connectivity index (χ0) is 16.3. The maximum Gasteiger partial charge on any atom is 0.310 e. The van der Waals surface area contributed by atoms with Crippen LogP contribution in [0, 0.1) is 0 Å². The number of aromatic amines is 1. The number of nitrogens with one attached hydrogen (secondary N) is 1. The van der Waals surface area contributed by atoms with Gasteiger partial charge in [-0.3, -0.25) is 4.79 Å². The second-order valence-electron chi connectivity index (χ2n) is 6.23. The summed E-state index contributed by atoms with van der Waals surface area (Å²) in [5.74, 6) is -0.127. The number of H-pyrrole nitrogens is 1. The summed E-state index contributed by atoms with van der Waals surface area (Å²) in [4.78, 5) is 15.1. The highest BCUT2D eigenvalue weighted by Gasteiger charge is 2.09. The molecular formula is C20H29NO2. The molecule has 0 spiro atoms. The van der Waals surface area contributed by atoms with Crippen LogP contribution >= 0.6 is 0 Å². The van der Waals surface area contributed by atoms with Crippen LogP contribution in [0.3, 0.4) is 0 Å². The number of hydrogen-bond donors (Lipinski definition) is 1. The highest BCUT2D eigenvalue weighted by molar-refractivity contribution is 5.87. The normalized spacial score (nSPS) is 11.0. The Bertz CT molecular complexity index is 588. The third kappa shape index (κ3) is 6.09. The number of para-hydroxylation sites is 1. The number of rotatable bonds is 11. The molecule has 1 aromatic heterocycles. The third-order valence-corrected chi connectivity index (χ3v) is 4.27. The molecule has 1 heterocycles. The van der Waals surface area contributed by atoms with Gasteiger partial charge < -0.3 is 9.72 Å². The van der Waals surface area contributed by atoms with E-state index in [0.717, 1.165) is 29.3 Å². The Kier molecular flexibility index (Phi) is 7.71. The van der Waals surface area contributed by atoms with Crippen LogP contribution in [-0.4, -0.2) is 17.6 Å². The van der Waals surface area contributed by atoms with Crippen LogP contribution in [0.4, 0.5) is 0 Å². The first kappa shape index (κ1) is 17.6. The molecule has 2 rings (SSSR count). The van der Waals surface area contributed by atoms with E-state index in [2.05, 4.69) is 11.9 Å². The number of ether oxygens (including phenoxy) is 1. The van der Waals surface area contributed by atoms with Crippen molar-refractivity contribution in [3.05, 3.63) is 36.0 Å². The molecule has 0 bridgehead atoms. The molecule has 0 amide bonds. The van der Waals surface area contributed by atoms with E-state index in [4.69, 9.17) is 4.74 Å². The lowest BCUT2D eigenvalue weighted by molar-refractivity contribution is -0.142. The zero-order valence-electron chi connectivity index (χ0n) is 14.3. The molecule has 0 saturated heterocycles. The second kappa shape index (κ2) is 10.1. The van der Waals surface area contributed by atoms with Crippen LogP contribution in [0.25, 0.3) is 10.9 Å². The molecule has 2 aromatic rings. The maximum absolute atomic E-state index is 11.9. The molecular weight excluding hydrogens is 286 g/mol. The van der Waals surface area contributed by atoms with Crippen molar-refractivity contribution in [2.24, 2.45) is 0 Å². The predicted molar refractivity (Wildman–Crippen MR) is 95.6 cm³/mol. The number of aromatic nitrogens is 1. The number of hydrogen-bond acceptors (Lipinski definition) is 2. The van der Waals surface area contributed by atoms with Gasteiger partial charge in [0.1, 0.15) is 0 Å². The van der Waals surface area contributed by atoms with Gasteiger partial charge in [-0.05, 0) is 18.1 Å². The average molecular weight is 315 g/mol. The number of unbranched alkanes of at least 4 members (excludes halogenated alkanes) is 7. The van der Waals surface area contributed by atoms with Gasteiger partial charge in [0.05, 0.1) is 13.0 Å². The average Bonchev–Trinajstić information content (AvgIpc) is 2.96. The summed E-state index contributed by atoms with van der Waals surface area (Å²) in [6.07, 6.45) is 12.3. The van der Waals surface area contributed by atoms with E-state index in [-0.39, 0.29) is 5.97 Å². The minimum atomic E-state index is -0.127. The first-order valence-electron chi connectivity index (χ1n) is 9.02. The van der Waals surface area contributed by atoms with E-state index < -0.39 is 0 Å². The van der Waals surface area contributed by atoms with E-state index in [0.29, 0.717) is 13.0 Å². The van der Waals surface area contributed by atoms with Crippen LogP contribution in [0.1, 0.15) is 63.9 Å². The van der Waals surface area contributed by atoms with Crippen molar-refractivity contribution in [3.8, 4) is 0 Å². The van der Waals surface area contributed by atoms with Crippen molar-refractivity contribution in [3.63, 3.8) is 0 Å². The summed E-state index contributed by atoms with van der Waals surface area (Å²) in [5, 5.41) is 1.11. The summed E-state index contributed by atoms with van der Waals surface area (Å²) in [7, 11) is 0. The molecule has 0 saturated carbocycles. The molecule has 1 aromatic carbocycles. The van der Waals surface area contributed by atoms with Crippen LogP contribution in [0.2, 0.25) is 0 Å². The lowest BCUT2D eigenvalue weighted by Crippen LogP contribution is -2.08. The highest BCUT2D eigenvalue weighted by Crippen LogP contribution is 2.18. The summed E-state index contributed by atoms with van der Waals surface area (Å²) in [5.41, 5.74) is 2.08. The molecule has 0 fully saturated rings. The maximum atomic E-state index is 11.9. The number of carbonyl (C=O) groups is 1. The Labute approximate surface area is 139 Å². The highest BCUT2D eigenvalue weighted by atomic mass is 16.5. The lowest BCUT2D eigenvalue weighted by atomic mass is 10.1. The van der Waals surface area contributed by atoms with E-state index >= 15 is 0 Å². The Morgan fingerprint density at radius 3 is 2.48 bits per heavy atom. The first-order chi connectivity index (χ1) is 11.3. The zero-order valence-corrected chi connectivity index (χ0v) is 14.3. The van der Waals surface area contributed by atoms with E-state index in [1.165, 1.54) is 38.5 Å². The molecule has 3 nitrogen and oxygen atoms in total. The molecule has 0 aliphatic rings. The lowest BCUT2D eigenvalue weighted by Gasteiger charge is -2.05. The number of fused-ring (bicyclic) bond motifs is 1. The first-order valence-corrected chi connectivity index (χ1v) is 9.02. The van der Waals surface area contributed by atoms with E-state index in [1.54, 1.807) is 0 Å². The Morgan fingerprint density at radius 1 is 1.00 bits per heavy atom. The van der Waals surface area contributed by atoms with Crippen molar-refractivity contribution >= 4 is 16.9 Å². The van der Waals surface area contributed by atoms with Crippen molar-refractivity contribution in [2.45, 2.75) is 64.7 Å². The van der Waals surface area contributed by atoms with Gasteiger partial charge in [-0.15, -0.1) is 0 Å². The van der Waals surface area contributed by atoms with E-state index in [9.17, 15) is 4.79 Å². The molecule has 126 valence electrons. The van der Waals surface area contributed by atoms with Crippen molar-refractivity contribution < 1.29 is 9.53 Å². The summed E-state index contributed by atoms with van der Waals surface area (Å²) in [6.45, 7) is 2.79. The van der Waals surface area contributed by atoms with Gasteiger partial charge in [-0.25, -0.2) is 0 Å². The number of carbonyl (C=O) groups excluding carboxylic acids is 1. The van der Waals surface area contributed by atoms with Gasteiger partial charge in [0.25, 0.3) is 0 Å². The van der Waals surface area contributed by atoms with E-state index in [1.807, 2.05) is 30.5 Å². The minimum absolute atomic E-state index is 0.127. The monoisotopic (exact) mass is 315 g/mol. The van der Waals surface area contributed by atoms with Crippen molar-refractivity contribution in [1.82, 2.24) is 4.98 Å². The summed E-state index contributed by atoms with van der Waals surface area (Å²) in [6, 6.07) is 8.03. The predicted octanol–water partition coefficient (Wildman–Crippen LogP) is 5.39. The van der Waals surface area contributed by atoms with Gasteiger partial charge in [-0.2, -0.15) is 0 Å². The van der Waals surface area contributed by atoms with Crippen molar-refractivity contribution in [2.75, 3.05) is 6.61 Å². The minimum Gasteiger partial charge on any atom is -0.465 e. The standard InChI is InChI=1S/C20H29NO2/c1-2-3-4-5-6-7-8-11-14-23-20(22)15-17-16-21-19-13-10-9-12-18(17)19/h9-10,12-13,16,21H,2-8,11,14-15H2,1H3. The molecule has 1 N–H and O–H groups in total. The number of benzene rings is 1. The van der Waals surface area contributed by atoms with Gasteiger partial charge in [0.15, 0.2) is 0 Å². The van der Waals surface area contributed by atoms with Gasteiger partial charge in [0.2, 0.25) is 0 Å². The van der Waals surface area contributed by atoms with Gasteiger partial charge in [-0.1, -0.05) is 70.1 Å². The SMILES string of the molecule is CCCCCCCCCCOC(=O)Cc1c[nH]c2ccccc12. The Hall–Kier alpha value is -1.77.